The minimum Gasteiger partial charge on any atom is -0.331 e. The van der Waals surface area contributed by atoms with Crippen LogP contribution in [0.25, 0.3) is 9.88 Å². The van der Waals surface area contributed by atoms with E-state index >= 15 is 0 Å². The van der Waals surface area contributed by atoms with Gasteiger partial charge in [-0.1, -0.05) is 29.8 Å². The molecule has 3 aromatic rings. The fourth-order valence-electron chi connectivity index (χ4n) is 2.12. The van der Waals surface area contributed by atoms with Gasteiger partial charge in [-0.25, -0.2) is 4.98 Å². The van der Waals surface area contributed by atoms with Crippen molar-refractivity contribution in [2.24, 2.45) is 0 Å². The number of likely N-dealkylation sites (N-methyl/N-ethyl adjacent to an activating group) is 1. The first kappa shape index (κ1) is 17.6. The number of nitrogens with one attached hydrogen (secondary N) is 1. The zero-order valence-corrected chi connectivity index (χ0v) is 15.6. The Hall–Kier alpha value is -2.22. The molecule has 5 nitrogen and oxygen atoms in total. The summed E-state index contributed by atoms with van der Waals surface area (Å²) in [6, 6.07) is 10.8. The molecule has 25 heavy (non-hydrogen) atoms. The molecule has 0 atom stereocenters. The number of aromatic nitrogens is 1. The van der Waals surface area contributed by atoms with Crippen molar-refractivity contribution in [2.75, 3.05) is 18.9 Å². The van der Waals surface area contributed by atoms with Crippen LogP contribution in [0.5, 0.6) is 0 Å². The van der Waals surface area contributed by atoms with Crippen molar-refractivity contribution in [1.29, 1.82) is 0 Å². The number of thiazole rings is 1. The largest absolute Gasteiger partial charge is 0.331 e. The van der Waals surface area contributed by atoms with Gasteiger partial charge in [-0.05, 0) is 23.6 Å². The number of hydrogen-bond donors (Lipinski definition) is 1. The molecule has 1 aromatic carbocycles. The molecule has 1 N–H and O–H groups in total. The molecule has 0 aliphatic heterocycles. The third-order valence-corrected chi connectivity index (χ3v) is 5.54. The van der Waals surface area contributed by atoms with Gasteiger partial charge in [0.05, 0.1) is 22.1 Å². The Labute approximate surface area is 157 Å². The molecule has 0 unspecified atom stereocenters. The van der Waals surface area contributed by atoms with Gasteiger partial charge >= 0.3 is 0 Å². The van der Waals surface area contributed by atoms with Gasteiger partial charge in [-0.3, -0.25) is 9.59 Å². The third kappa shape index (κ3) is 4.25. The average molecular weight is 392 g/mol. The normalized spacial score (nSPS) is 10.5. The van der Waals surface area contributed by atoms with E-state index in [1.165, 1.54) is 16.2 Å². The molecule has 128 valence electrons. The van der Waals surface area contributed by atoms with Crippen molar-refractivity contribution >= 4 is 51.8 Å². The Kier molecular flexibility index (Phi) is 5.47. The van der Waals surface area contributed by atoms with Gasteiger partial charge in [0.25, 0.3) is 5.91 Å². The Balaban J connectivity index is 1.63. The number of benzene rings is 1. The Morgan fingerprint density at radius 3 is 2.72 bits per heavy atom. The molecule has 3 rings (SSSR count). The minimum absolute atomic E-state index is 0.0874. The SMILES string of the molecule is CN(CC(=O)Nc1ccccc1Cl)C(=O)c1csc(-c2cccs2)n1. The number of rotatable bonds is 5. The number of carbonyl (C=O) groups excluding carboxylic acids is 2. The summed E-state index contributed by atoms with van der Waals surface area (Å²) in [7, 11) is 1.57. The average Bonchev–Trinajstić information content (AvgIpc) is 3.27. The van der Waals surface area contributed by atoms with E-state index in [2.05, 4.69) is 10.3 Å². The minimum atomic E-state index is -0.322. The molecule has 2 heterocycles. The molecule has 2 aromatic heterocycles. The summed E-state index contributed by atoms with van der Waals surface area (Å²) < 4.78 is 0. The molecular formula is C17H14ClN3O2S2. The molecule has 0 aliphatic carbocycles. The Morgan fingerprint density at radius 1 is 1.20 bits per heavy atom. The van der Waals surface area contributed by atoms with Crippen molar-refractivity contribution < 1.29 is 9.59 Å². The number of anilines is 1. The van der Waals surface area contributed by atoms with Crippen molar-refractivity contribution in [1.82, 2.24) is 9.88 Å². The summed E-state index contributed by atoms with van der Waals surface area (Å²) in [6.07, 6.45) is 0. The highest BCUT2D eigenvalue weighted by atomic mass is 35.5. The van der Waals surface area contributed by atoms with Gasteiger partial charge in [-0.2, -0.15) is 0 Å². The first-order chi connectivity index (χ1) is 12.0. The number of nitrogens with zero attached hydrogens (tertiary/aromatic N) is 2. The van der Waals surface area contributed by atoms with Crippen LogP contribution in [-0.4, -0.2) is 35.3 Å². The van der Waals surface area contributed by atoms with Crippen LogP contribution < -0.4 is 5.32 Å². The fourth-order valence-corrected chi connectivity index (χ4v) is 3.91. The predicted octanol–water partition coefficient (Wildman–Crippen LogP) is 4.24. The van der Waals surface area contributed by atoms with Gasteiger partial charge in [0.15, 0.2) is 0 Å². The highest BCUT2D eigenvalue weighted by Gasteiger charge is 2.19. The van der Waals surface area contributed by atoms with Gasteiger partial charge in [0, 0.05) is 12.4 Å². The molecule has 0 bridgehead atoms. The topological polar surface area (TPSA) is 62.3 Å². The lowest BCUT2D eigenvalue weighted by molar-refractivity contribution is -0.116. The van der Waals surface area contributed by atoms with Crippen LogP contribution in [0.4, 0.5) is 5.69 Å². The summed E-state index contributed by atoms with van der Waals surface area (Å²) in [5.74, 6) is -0.619. The van der Waals surface area contributed by atoms with Crippen molar-refractivity contribution in [2.45, 2.75) is 0 Å². The highest BCUT2D eigenvalue weighted by molar-refractivity contribution is 7.20. The van der Waals surface area contributed by atoms with E-state index in [1.807, 2.05) is 17.5 Å². The van der Waals surface area contributed by atoms with E-state index in [1.54, 1.807) is 48.0 Å². The number of para-hydroxylation sites is 1. The van der Waals surface area contributed by atoms with E-state index in [9.17, 15) is 9.59 Å². The summed E-state index contributed by atoms with van der Waals surface area (Å²) >= 11 is 8.99. The summed E-state index contributed by atoms with van der Waals surface area (Å²) in [4.78, 5) is 31.3. The van der Waals surface area contributed by atoms with E-state index in [-0.39, 0.29) is 18.4 Å². The second-order valence-electron chi connectivity index (χ2n) is 5.20. The summed E-state index contributed by atoms with van der Waals surface area (Å²) in [6.45, 7) is -0.0874. The zero-order valence-electron chi connectivity index (χ0n) is 13.2. The predicted molar refractivity (Wildman–Crippen MR) is 102 cm³/mol. The van der Waals surface area contributed by atoms with Gasteiger partial charge in [0.2, 0.25) is 5.91 Å². The first-order valence-corrected chi connectivity index (χ1v) is 9.47. The maximum absolute atomic E-state index is 12.4. The van der Waals surface area contributed by atoms with Crippen molar-refractivity contribution in [3.05, 3.63) is 57.9 Å². The second kappa shape index (κ2) is 7.77. The lowest BCUT2D eigenvalue weighted by Gasteiger charge is -2.16. The monoisotopic (exact) mass is 391 g/mol. The van der Waals surface area contributed by atoms with Crippen molar-refractivity contribution in [3.63, 3.8) is 0 Å². The van der Waals surface area contributed by atoms with Crippen LogP contribution in [0.3, 0.4) is 0 Å². The molecule has 0 saturated heterocycles. The molecule has 0 radical (unpaired) electrons. The molecule has 0 aliphatic rings. The lowest BCUT2D eigenvalue weighted by atomic mass is 10.3. The maximum Gasteiger partial charge on any atom is 0.273 e. The van der Waals surface area contributed by atoms with Gasteiger partial charge in [0.1, 0.15) is 10.7 Å². The number of halogens is 1. The lowest BCUT2D eigenvalue weighted by Crippen LogP contribution is -2.35. The quantitative estimate of drug-likeness (QED) is 0.707. The summed E-state index contributed by atoms with van der Waals surface area (Å²) in [5, 5.41) is 7.61. The second-order valence-corrected chi connectivity index (χ2v) is 7.42. The van der Waals surface area contributed by atoms with Crippen LogP contribution in [0, 0.1) is 0 Å². The first-order valence-electron chi connectivity index (χ1n) is 7.34. The van der Waals surface area contributed by atoms with E-state index in [0.717, 1.165) is 9.88 Å². The van der Waals surface area contributed by atoms with E-state index in [4.69, 9.17) is 11.6 Å². The summed E-state index contributed by atoms with van der Waals surface area (Å²) in [5.41, 5.74) is 0.852. The van der Waals surface area contributed by atoms with Gasteiger partial charge in [-0.15, -0.1) is 22.7 Å². The molecule has 8 heteroatoms. The highest BCUT2D eigenvalue weighted by Crippen LogP contribution is 2.28. The number of hydrogen-bond acceptors (Lipinski definition) is 5. The fraction of sp³-hybridized carbons (Fsp3) is 0.118. The number of thiophene rings is 1. The van der Waals surface area contributed by atoms with Crippen LogP contribution in [0.1, 0.15) is 10.5 Å². The van der Waals surface area contributed by atoms with E-state index in [0.29, 0.717) is 16.4 Å². The van der Waals surface area contributed by atoms with Crippen LogP contribution in [-0.2, 0) is 4.79 Å². The molecule has 0 spiro atoms. The van der Waals surface area contributed by atoms with Crippen LogP contribution in [0.15, 0.2) is 47.2 Å². The van der Waals surface area contributed by atoms with E-state index < -0.39 is 0 Å². The Bertz CT molecular complexity index is 893. The molecule has 2 amide bonds. The van der Waals surface area contributed by atoms with Crippen LogP contribution >= 0.6 is 34.3 Å². The molecular weight excluding hydrogens is 378 g/mol. The van der Waals surface area contributed by atoms with Crippen LogP contribution in [0.2, 0.25) is 5.02 Å². The number of amides is 2. The third-order valence-electron chi connectivity index (χ3n) is 3.33. The van der Waals surface area contributed by atoms with Gasteiger partial charge < -0.3 is 10.2 Å². The molecule has 0 fully saturated rings. The smallest absolute Gasteiger partial charge is 0.273 e. The number of carbonyl (C=O) groups is 2. The maximum atomic E-state index is 12.4. The standard InChI is InChI=1S/C17H14ClN3O2S2/c1-21(9-15(22)19-12-6-3-2-5-11(12)18)17(23)13-10-25-16(20-13)14-7-4-8-24-14/h2-8,10H,9H2,1H3,(H,19,22). The molecule has 0 saturated carbocycles. The van der Waals surface area contributed by atoms with Crippen molar-refractivity contribution in [3.8, 4) is 9.88 Å². The Morgan fingerprint density at radius 2 is 2.00 bits per heavy atom. The zero-order chi connectivity index (χ0) is 17.8.